The lowest BCUT2D eigenvalue weighted by Gasteiger charge is -2.13. The van der Waals surface area contributed by atoms with Crippen molar-refractivity contribution >= 4 is 5.69 Å². The van der Waals surface area contributed by atoms with Crippen LogP contribution < -0.4 is 10.5 Å². The van der Waals surface area contributed by atoms with Gasteiger partial charge in [0.15, 0.2) is 6.61 Å². The summed E-state index contributed by atoms with van der Waals surface area (Å²) in [5, 5.41) is 0. The van der Waals surface area contributed by atoms with Gasteiger partial charge in [-0.25, -0.2) is 0 Å². The zero-order valence-electron chi connectivity index (χ0n) is 8.19. The van der Waals surface area contributed by atoms with Crippen LogP contribution in [-0.4, -0.2) is 12.8 Å². The maximum atomic E-state index is 12.3. The molecule has 96 valence electrons. The van der Waals surface area contributed by atoms with Crippen LogP contribution in [-0.2, 0) is 6.18 Å². The number of hydrogen-bond acceptors (Lipinski definition) is 2. The van der Waals surface area contributed by atoms with Crippen LogP contribution in [0.2, 0.25) is 0 Å². The van der Waals surface area contributed by atoms with Gasteiger partial charge < -0.3 is 10.5 Å². The van der Waals surface area contributed by atoms with E-state index in [0.29, 0.717) is 12.1 Å². The SMILES string of the molecule is Nc1cc(OCC(F)(F)F)ccc1C(F)(F)F. The first kappa shape index (κ1) is 13.5. The van der Waals surface area contributed by atoms with Crippen molar-refractivity contribution in [2.45, 2.75) is 12.4 Å². The fourth-order valence-electron chi connectivity index (χ4n) is 1.05. The third-order valence-corrected chi connectivity index (χ3v) is 1.73. The lowest BCUT2D eigenvalue weighted by molar-refractivity contribution is -0.153. The average molecular weight is 259 g/mol. The molecule has 17 heavy (non-hydrogen) atoms. The molecule has 0 saturated heterocycles. The van der Waals surface area contributed by atoms with Crippen molar-refractivity contribution < 1.29 is 31.1 Å². The second-order valence-electron chi connectivity index (χ2n) is 3.15. The van der Waals surface area contributed by atoms with E-state index in [2.05, 4.69) is 4.74 Å². The van der Waals surface area contributed by atoms with E-state index in [1.165, 1.54) is 0 Å². The van der Waals surface area contributed by atoms with E-state index in [1.54, 1.807) is 0 Å². The Labute approximate surface area is 92.0 Å². The summed E-state index contributed by atoms with van der Waals surface area (Å²) in [5.74, 6) is -0.368. The second kappa shape index (κ2) is 4.34. The van der Waals surface area contributed by atoms with E-state index >= 15 is 0 Å². The minimum Gasteiger partial charge on any atom is -0.484 e. The van der Waals surface area contributed by atoms with E-state index in [9.17, 15) is 26.3 Å². The van der Waals surface area contributed by atoms with Crippen LogP contribution in [0.4, 0.5) is 32.0 Å². The van der Waals surface area contributed by atoms with E-state index in [-0.39, 0.29) is 5.75 Å². The third kappa shape index (κ3) is 4.04. The molecule has 0 radical (unpaired) electrons. The average Bonchev–Trinajstić information content (AvgIpc) is 2.11. The van der Waals surface area contributed by atoms with Crippen molar-refractivity contribution in [2.24, 2.45) is 0 Å². The summed E-state index contributed by atoms with van der Waals surface area (Å²) in [6, 6.07) is 2.06. The van der Waals surface area contributed by atoms with Crippen LogP contribution in [0.15, 0.2) is 18.2 Å². The van der Waals surface area contributed by atoms with Crippen molar-refractivity contribution in [3.05, 3.63) is 23.8 Å². The van der Waals surface area contributed by atoms with Gasteiger partial charge in [-0.05, 0) is 12.1 Å². The molecule has 0 aliphatic heterocycles. The molecule has 0 unspecified atom stereocenters. The predicted molar refractivity (Wildman–Crippen MR) is 47.4 cm³/mol. The smallest absolute Gasteiger partial charge is 0.422 e. The minimum atomic E-state index is -4.65. The van der Waals surface area contributed by atoms with Gasteiger partial charge in [0.1, 0.15) is 5.75 Å². The summed E-state index contributed by atoms with van der Waals surface area (Å²) in [4.78, 5) is 0. The first-order valence-electron chi connectivity index (χ1n) is 4.26. The number of anilines is 1. The molecule has 2 N–H and O–H groups in total. The van der Waals surface area contributed by atoms with Gasteiger partial charge in [-0.15, -0.1) is 0 Å². The quantitative estimate of drug-likeness (QED) is 0.653. The van der Waals surface area contributed by atoms with Crippen molar-refractivity contribution in [3.63, 3.8) is 0 Å². The van der Waals surface area contributed by atoms with E-state index in [0.717, 1.165) is 6.07 Å². The van der Waals surface area contributed by atoms with Crippen molar-refractivity contribution in [2.75, 3.05) is 12.3 Å². The molecular weight excluding hydrogens is 252 g/mol. The Morgan fingerprint density at radius 2 is 1.65 bits per heavy atom. The molecule has 0 atom stereocenters. The van der Waals surface area contributed by atoms with Gasteiger partial charge in [0, 0.05) is 11.8 Å². The molecule has 1 aromatic carbocycles. The first-order valence-corrected chi connectivity index (χ1v) is 4.26. The minimum absolute atomic E-state index is 0.368. The molecule has 0 bridgehead atoms. The van der Waals surface area contributed by atoms with Gasteiger partial charge in [-0.2, -0.15) is 26.3 Å². The summed E-state index contributed by atoms with van der Waals surface area (Å²) < 4.78 is 76.3. The number of rotatable bonds is 2. The highest BCUT2D eigenvalue weighted by atomic mass is 19.4. The van der Waals surface area contributed by atoms with E-state index < -0.39 is 30.2 Å². The highest BCUT2D eigenvalue weighted by molar-refractivity contribution is 5.52. The zero-order valence-corrected chi connectivity index (χ0v) is 8.19. The third-order valence-electron chi connectivity index (χ3n) is 1.73. The monoisotopic (exact) mass is 259 g/mol. The lowest BCUT2D eigenvalue weighted by atomic mass is 10.1. The summed E-state index contributed by atoms with van der Waals surface area (Å²) >= 11 is 0. The fraction of sp³-hybridized carbons (Fsp3) is 0.333. The molecule has 0 aromatic heterocycles. The molecule has 2 nitrogen and oxygen atoms in total. The lowest BCUT2D eigenvalue weighted by Crippen LogP contribution is -2.19. The van der Waals surface area contributed by atoms with Crippen molar-refractivity contribution in [1.82, 2.24) is 0 Å². The maximum Gasteiger partial charge on any atom is 0.422 e. The maximum absolute atomic E-state index is 12.3. The second-order valence-corrected chi connectivity index (χ2v) is 3.15. The largest absolute Gasteiger partial charge is 0.484 e. The Hall–Kier alpha value is -1.60. The molecular formula is C9H7F6NO. The normalized spacial score (nSPS) is 12.6. The number of benzene rings is 1. The molecule has 1 aromatic rings. The molecule has 0 spiro atoms. The molecule has 0 saturated carbocycles. The molecule has 0 aliphatic carbocycles. The molecule has 0 amide bonds. The summed E-state index contributed by atoms with van der Waals surface area (Å²) in [5.41, 5.74) is 3.27. The van der Waals surface area contributed by atoms with Crippen LogP contribution in [0.25, 0.3) is 0 Å². The molecule has 8 heteroatoms. The van der Waals surface area contributed by atoms with Gasteiger partial charge >= 0.3 is 12.4 Å². The zero-order chi connectivity index (χ0) is 13.3. The molecule has 1 rings (SSSR count). The first-order chi connectivity index (χ1) is 7.59. The van der Waals surface area contributed by atoms with Crippen LogP contribution in [0.3, 0.4) is 0 Å². The summed E-state index contributed by atoms with van der Waals surface area (Å²) in [7, 11) is 0. The van der Waals surface area contributed by atoms with Crippen LogP contribution >= 0.6 is 0 Å². The van der Waals surface area contributed by atoms with Crippen molar-refractivity contribution in [3.8, 4) is 5.75 Å². The topological polar surface area (TPSA) is 35.2 Å². The molecule has 0 aliphatic rings. The van der Waals surface area contributed by atoms with E-state index in [1.807, 2.05) is 0 Å². The molecule has 0 heterocycles. The van der Waals surface area contributed by atoms with Gasteiger partial charge in [0.2, 0.25) is 0 Å². The summed E-state index contributed by atoms with van der Waals surface area (Å²) in [6.45, 7) is -1.59. The van der Waals surface area contributed by atoms with Gasteiger partial charge in [0.05, 0.1) is 5.56 Å². The predicted octanol–water partition coefficient (Wildman–Crippen LogP) is 3.23. The number of hydrogen-bond donors (Lipinski definition) is 1. The van der Waals surface area contributed by atoms with Gasteiger partial charge in [0.25, 0.3) is 0 Å². The Morgan fingerprint density at radius 1 is 1.06 bits per heavy atom. The Morgan fingerprint density at radius 3 is 2.06 bits per heavy atom. The Balaban J connectivity index is 2.83. The van der Waals surface area contributed by atoms with Crippen molar-refractivity contribution in [1.29, 1.82) is 0 Å². The highest BCUT2D eigenvalue weighted by Crippen LogP contribution is 2.35. The number of nitrogens with two attached hydrogens (primary N) is 1. The van der Waals surface area contributed by atoms with Crippen LogP contribution in [0.5, 0.6) is 5.75 Å². The Kier molecular flexibility index (Phi) is 3.44. The summed E-state index contributed by atoms with van der Waals surface area (Å²) in [6.07, 6.45) is -9.20. The Bertz CT molecular complexity index is 397. The fourth-order valence-corrected chi connectivity index (χ4v) is 1.05. The van der Waals surface area contributed by atoms with Crippen LogP contribution in [0, 0.1) is 0 Å². The standard InChI is InChI=1S/C9H7F6NO/c10-8(11,12)4-17-5-1-2-6(7(16)3-5)9(13,14)15/h1-3H,4,16H2. The van der Waals surface area contributed by atoms with E-state index in [4.69, 9.17) is 5.73 Å². The van der Waals surface area contributed by atoms with Crippen LogP contribution in [0.1, 0.15) is 5.56 Å². The van der Waals surface area contributed by atoms with Gasteiger partial charge in [-0.3, -0.25) is 0 Å². The van der Waals surface area contributed by atoms with Gasteiger partial charge in [-0.1, -0.05) is 0 Å². The molecule has 0 fully saturated rings. The number of ether oxygens (including phenoxy) is 1. The number of alkyl halides is 6. The number of halogens is 6. The highest BCUT2D eigenvalue weighted by Gasteiger charge is 2.33. The number of nitrogen functional groups attached to an aromatic ring is 1.